The SMILES string of the molecule is COCCNS(=O)(=O)NC(=O)OCC1[C@H]2CCC#CCC[C@@H]12. The van der Waals surface area contributed by atoms with Crippen LogP contribution in [0.4, 0.5) is 4.79 Å². The van der Waals surface area contributed by atoms with Crippen LogP contribution < -0.4 is 9.44 Å². The van der Waals surface area contributed by atoms with Crippen molar-refractivity contribution < 1.29 is 22.7 Å². The van der Waals surface area contributed by atoms with Crippen LogP contribution in [0.25, 0.3) is 0 Å². The molecule has 2 aliphatic rings. The molecule has 7 nitrogen and oxygen atoms in total. The second-order valence-electron chi connectivity index (χ2n) is 5.51. The first kappa shape index (κ1) is 17.1. The number of ether oxygens (including phenoxy) is 2. The Morgan fingerprint density at radius 2 is 1.86 bits per heavy atom. The molecule has 1 amide bonds. The Morgan fingerprint density at radius 1 is 1.23 bits per heavy atom. The number of carbonyl (C=O) groups excluding carboxylic acids is 1. The minimum atomic E-state index is -3.89. The average molecular weight is 330 g/mol. The summed E-state index contributed by atoms with van der Waals surface area (Å²) in [6, 6.07) is 0. The summed E-state index contributed by atoms with van der Waals surface area (Å²) in [7, 11) is -2.43. The summed E-state index contributed by atoms with van der Waals surface area (Å²) in [5, 5.41) is 0. The molecule has 0 heterocycles. The Kier molecular flexibility index (Phi) is 6.06. The zero-order chi connectivity index (χ0) is 16.0. The smallest absolute Gasteiger partial charge is 0.421 e. The molecule has 0 spiro atoms. The van der Waals surface area contributed by atoms with Crippen molar-refractivity contribution in [2.75, 3.05) is 26.9 Å². The second kappa shape index (κ2) is 7.81. The van der Waals surface area contributed by atoms with Crippen LogP contribution in [0.15, 0.2) is 0 Å². The third-order valence-corrected chi connectivity index (χ3v) is 5.08. The van der Waals surface area contributed by atoms with Crippen molar-refractivity contribution in [3.05, 3.63) is 0 Å². The maximum absolute atomic E-state index is 11.6. The Balaban J connectivity index is 1.68. The largest absolute Gasteiger partial charge is 0.449 e. The summed E-state index contributed by atoms with van der Waals surface area (Å²) >= 11 is 0. The summed E-state index contributed by atoms with van der Waals surface area (Å²) in [5.74, 6) is 7.67. The minimum absolute atomic E-state index is 0.0892. The summed E-state index contributed by atoms with van der Waals surface area (Å²) in [4.78, 5) is 11.6. The van der Waals surface area contributed by atoms with E-state index in [4.69, 9.17) is 9.47 Å². The molecular formula is C14H22N2O5S. The lowest BCUT2D eigenvalue weighted by Crippen LogP contribution is -2.41. The van der Waals surface area contributed by atoms with Crippen LogP contribution in [0.1, 0.15) is 25.7 Å². The van der Waals surface area contributed by atoms with Crippen molar-refractivity contribution >= 4 is 16.3 Å². The summed E-state index contributed by atoms with van der Waals surface area (Å²) in [5.41, 5.74) is 0. The maximum atomic E-state index is 11.6. The van der Waals surface area contributed by atoms with Gasteiger partial charge in [-0.2, -0.15) is 13.1 Å². The van der Waals surface area contributed by atoms with Crippen LogP contribution in [0.5, 0.6) is 0 Å². The Labute approximate surface area is 131 Å². The van der Waals surface area contributed by atoms with E-state index in [2.05, 4.69) is 16.6 Å². The quantitative estimate of drug-likeness (QED) is 0.527. The highest BCUT2D eigenvalue weighted by Crippen LogP contribution is 2.52. The molecule has 1 saturated carbocycles. The highest BCUT2D eigenvalue weighted by Gasteiger charge is 2.49. The third-order valence-electron chi connectivity index (χ3n) is 4.06. The van der Waals surface area contributed by atoms with E-state index in [1.807, 2.05) is 4.72 Å². The van der Waals surface area contributed by atoms with E-state index in [1.54, 1.807) is 0 Å². The first-order chi connectivity index (χ1) is 10.5. The number of nitrogens with one attached hydrogen (secondary N) is 2. The number of amides is 1. The number of methoxy groups -OCH3 is 1. The fraction of sp³-hybridized carbons (Fsp3) is 0.786. The highest BCUT2D eigenvalue weighted by atomic mass is 32.2. The molecule has 0 bridgehead atoms. The van der Waals surface area contributed by atoms with Crippen molar-refractivity contribution in [2.45, 2.75) is 25.7 Å². The molecule has 22 heavy (non-hydrogen) atoms. The van der Waals surface area contributed by atoms with Crippen molar-refractivity contribution in [3.63, 3.8) is 0 Å². The van der Waals surface area contributed by atoms with Crippen LogP contribution in [0.2, 0.25) is 0 Å². The van der Waals surface area contributed by atoms with Crippen LogP contribution in [-0.2, 0) is 19.7 Å². The third kappa shape index (κ3) is 5.16. The second-order valence-corrected chi connectivity index (χ2v) is 7.01. The van der Waals surface area contributed by atoms with E-state index in [-0.39, 0.29) is 19.8 Å². The maximum Gasteiger partial charge on any atom is 0.421 e. The van der Waals surface area contributed by atoms with Crippen molar-refractivity contribution in [1.29, 1.82) is 0 Å². The number of rotatable bonds is 7. The standard InChI is InChI=1S/C14H22N2O5S/c1-20-9-8-15-22(18,19)16-14(17)21-10-13-11-6-4-2-3-5-7-12(11)13/h11-13,15H,4-10H2,1H3,(H,16,17)/t11-,12+,13?. The van der Waals surface area contributed by atoms with Gasteiger partial charge in [-0.1, -0.05) is 0 Å². The molecule has 0 aromatic rings. The van der Waals surface area contributed by atoms with E-state index < -0.39 is 16.3 Å². The van der Waals surface area contributed by atoms with E-state index >= 15 is 0 Å². The summed E-state index contributed by atoms with van der Waals surface area (Å²) < 4.78 is 36.8. The van der Waals surface area contributed by atoms with Gasteiger partial charge in [-0.15, -0.1) is 11.8 Å². The van der Waals surface area contributed by atoms with Crippen LogP contribution >= 0.6 is 0 Å². The lowest BCUT2D eigenvalue weighted by atomic mass is 10.1. The summed E-state index contributed by atoms with van der Waals surface area (Å²) in [6.07, 6.45) is 2.90. The molecular weight excluding hydrogens is 308 g/mol. The van der Waals surface area contributed by atoms with Gasteiger partial charge in [0.15, 0.2) is 0 Å². The predicted molar refractivity (Wildman–Crippen MR) is 80.0 cm³/mol. The molecule has 0 aliphatic heterocycles. The molecule has 0 radical (unpaired) electrons. The average Bonchev–Trinajstić information content (AvgIpc) is 3.06. The lowest BCUT2D eigenvalue weighted by Gasteiger charge is -2.08. The molecule has 1 fully saturated rings. The van der Waals surface area contributed by atoms with E-state index in [1.165, 1.54) is 7.11 Å². The van der Waals surface area contributed by atoms with Gasteiger partial charge in [0.1, 0.15) is 0 Å². The van der Waals surface area contributed by atoms with Crippen molar-refractivity contribution in [3.8, 4) is 11.8 Å². The Hall–Kier alpha value is -1.30. The molecule has 3 atom stereocenters. The molecule has 2 aliphatic carbocycles. The first-order valence-corrected chi connectivity index (χ1v) is 8.90. The predicted octanol–water partition coefficient (Wildman–Crippen LogP) is 0.633. The normalized spacial score (nSPS) is 26.7. The molecule has 0 aromatic heterocycles. The molecule has 2 rings (SSSR count). The zero-order valence-corrected chi connectivity index (χ0v) is 13.4. The molecule has 124 valence electrons. The van der Waals surface area contributed by atoms with Crippen LogP contribution in [-0.4, -0.2) is 41.4 Å². The number of carbonyl (C=O) groups is 1. The molecule has 0 aromatic carbocycles. The van der Waals surface area contributed by atoms with E-state index in [0.717, 1.165) is 25.7 Å². The Morgan fingerprint density at radius 3 is 2.45 bits per heavy atom. The van der Waals surface area contributed by atoms with Crippen molar-refractivity contribution in [1.82, 2.24) is 9.44 Å². The van der Waals surface area contributed by atoms with Gasteiger partial charge in [-0.3, -0.25) is 0 Å². The van der Waals surface area contributed by atoms with Crippen LogP contribution in [0, 0.1) is 29.6 Å². The molecule has 1 unspecified atom stereocenters. The lowest BCUT2D eigenvalue weighted by molar-refractivity contribution is 0.143. The fourth-order valence-corrected chi connectivity index (χ4v) is 3.61. The van der Waals surface area contributed by atoms with Gasteiger partial charge in [0.2, 0.25) is 0 Å². The Bertz CT molecular complexity index is 533. The van der Waals surface area contributed by atoms with Crippen molar-refractivity contribution in [2.24, 2.45) is 17.8 Å². The van der Waals surface area contributed by atoms with Gasteiger partial charge in [0.05, 0.1) is 13.2 Å². The highest BCUT2D eigenvalue weighted by molar-refractivity contribution is 7.88. The van der Waals surface area contributed by atoms with Gasteiger partial charge < -0.3 is 9.47 Å². The zero-order valence-electron chi connectivity index (χ0n) is 12.6. The first-order valence-electron chi connectivity index (χ1n) is 7.42. The number of hydrogen-bond acceptors (Lipinski definition) is 5. The van der Waals surface area contributed by atoms with E-state index in [0.29, 0.717) is 17.8 Å². The van der Waals surface area contributed by atoms with Gasteiger partial charge >= 0.3 is 16.3 Å². The number of fused-ring (bicyclic) bond motifs is 1. The van der Waals surface area contributed by atoms with Gasteiger partial charge in [-0.25, -0.2) is 9.52 Å². The van der Waals surface area contributed by atoms with E-state index in [9.17, 15) is 13.2 Å². The fourth-order valence-electron chi connectivity index (χ4n) is 2.91. The topological polar surface area (TPSA) is 93.7 Å². The summed E-state index contributed by atoms with van der Waals surface area (Å²) in [6.45, 7) is 0.574. The molecule has 0 saturated heterocycles. The van der Waals surface area contributed by atoms with Gasteiger partial charge in [-0.05, 0) is 30.6 Å². The molecule has 8 heteroatoms. The van der Waals surface area contributed by atoms with Gasteiger partial charge in [0.25, 0.3) is 0 Å². The monoisotopic (exact) mass is 330 g/mol. The molecule has 2 N–H and O–H groups in total. The minimum Gasteiger partial charge on any atom is -0.449 e. The van der Waals surface area contributed by atoms with Crippen LogP contribution in [0.3, 0.4) is 0 Å². The number of hydrogen-bond donors (Lipinski definition) is 2. The van der Waals surface area contributed by atoms with Gasteiger partial charge in [0, 0.05) is 26.5 Å².